The molecule has 2 atom stereocenters. The Balaban J connectivity index is 1.44. The van der Waals surface area contributed by atoms with Gasteiger partial charge in [-0.1, -0.05) is 18.2 Å². The van der Waals surface area contributed by atoms with Crippen molar-refractivity contribution in [3.63, 3.8) is 0 Å². The van der Waals surface area contributed by atoms with Crippen molar-refractivity contribution in [2.45, 2.75) is 39.0 Å². The standard InChI is InChI=1S/C23H33N5O2/c1-17-15-28(16-18(2)30-17)22-10-7-20(13-26-22)14-27-23(24-3)25-12-11-19-5-8-21(29-4)9-6-19/h5-10,13,17-18H,11-12,14-16H2,1-4H3,(H2,24,25,27). The van der Waals surface area contributed by atoms with Crippen LogP contribution < -0.4 is 20.3 Å². The highest BCUT2D eigenvalue weighted by molar-refractivity contribution is 5.79. The lowest BCUT2D eigenvalue weighted by Crippen LogP contribution is -2.45. The van der Waals surface area contributed by atoms with Gasteiger partial charge in [0.15, 0.2) is 5.96 Å². The van der Waals surface area contributed by atoms with Crippen LogP contribution in [0.3, 0.4) is 0 Å². The van der Waals surface area contributed by atoms with Crippen LogP contribution in [0.5, 0.6) is 5.75 Å². The summed E-state index contributed by atoms with van der Waals surface area (Å²) in [5, 5.41) is 6.70. The summed E-state index contributed by atoms with van der Waals surface area (Å²) in [5.74, 6) is 2.66. The van der Waals surface area contributed by atoms with Crippen molar-refractivity contribution < 1.29 is 9.47 Å². The molecule has 1 fully saturated rings. The van der Waals surface area contributed by atoms with Crippen molar-refractivity contribution in [3.05, 3.63) is 53.7 Å². The third-order valence-corrected chi connectivity index (χ3v) is 5.10. The van der Waals surface area contributed by atoms with Gasteiger partial charge in [0.05, 0.1) is 19.3 Å². The monoisotopic (exact) mass is 411 g/mol. The Labute approximate surface area is 179 Å². The quantitative estimate of drug-likeness (QED) is 0.539. The van der Waals surface area contributed by atoms with E-state index in [1.165, 1.54) is 5.56 Å². The van der Waals surface area contributed by atoms with Gasteiger partial charge in [0, 0.05) is 39.4 Å². The zero-order chi connectivity index (χ0) is 21.3. The maximum absolute atomic E-state index is 5.80. The van der Waals surface area contributed by atoms with Gasteiger partial charge in [-0.15, -0.1) is 0 Å². The van der Waals surface area contributed by atoms with Crippen LogP contribution in [-0.2, 0) is 17.7 Å². The third kappa shape index (κ3) is 6.35. The van der Waals surface area contributed by atoms with E-state index in [-0.39, 0.29) is 12.2 Å². The number of aliphatic imine (C=N–C) groups is 1. The SMILES string of the molecule is CN=C(NCCc1ccc(OC)cc1)NCc1ccc(N2CC(C)OC(C)C2)nc1. The van der Waals surface area contributed by atoms with Gasteiger partial charge in [-0.2, -0.15) is 0 Å². The molecule has 7 nitrogen and oxygen atoms in total. The first-order valence-corrected chi connectivity index (χ1v) is 10.5. The van der Waals surface area contributed by atoms with E-state index in [0.29, 0.717) is 6.54 Å². The number of morpholine rings is 1. The van der Waals surface area contributed by atoms with E-state index in [4.69, 9.17) is 9.47 Å². The van der Waals surface area contributed by atoms with Gasteiger partial charge in [0.25, 0.3) is 0 Å². The van der Waals surface area contributed by atoms with Crippen molar-refractivity contribution in [1.29, 1.82) is 0 Å². The Hall–Kier alpha value is -2.80. The zero-order valence-corrected chi connectivity index (χ0v) is 18.4. The second-order valence-corrected chi connectivity index (χ2v) is 7.64. The van der Waals surface area contributed by atoms with E-state index in [1.807, 2.05) is 18.3 Å². The molecule has 1 aliphatic rings. The molecule has 0 aliphatic carbocycles. The first kappa shape index (κ1) is 21.9. The lowest BCUT2D eigenvalue weighted by molar-refractivity contribution is -0.00545. The molecule has 2 unspecified atom stereocenters. The summed E-state index contributed by atoms with van der Waals surface area (Å²) < 4.78 is 11.0. The lowest BCUT2D eigenvalue weighted by Gasteiger charge is -2.36. The Morgan fingerprint density at radius 3 is 2.40 bits per heavy atom. The molecule has 7 heteroatoms. The molecule has 1 aliphatic heterocycles. The van der Waals surface area contributed by atoms with Gasteiger partial charge in [-0.05, 0) is 49.6 Å². The first-order valence-electron chi connectivity index (χ1n) is 10.5. The fraction of sp³-hybridized carbons (Fsp3) is 0.478. The molecule has 3 rings (SSSR count). The number of nitrogens with zero attached hydrogens (tertiary/aromatic N) is 3. The average molecular weight is 412 g/mol. The van der Waals surface area contributed by atoms with E-state index in [0.717, 1.165) is 49.1 Å². The van der Waals surface area contributed by atoms with Crippen LogP contribution in [0, 0.1) is 0 Å². The first-order chi connectivity index (χ1) is 14.6. The summed E-state index contributed by atoms with van der Waals surface area (Å²) in [6.07, 6.45) is 3.29. The normalized spacial score (nSPS) is 19.5. The Kier molecular flexibility index (Phi) is 7.90. The second-order valence-electron chi connectivity index (χ2n) is 7.64. The minimum Gasteiger partial charge on any atom is -0.497 e. The number of aromatic nitrogens is 1. The van der Waals surface area contributed by atoms with Crippen molar-refractivity contribution >= 4 is 11.8 Å². The van der Waals surface area contributed by atoms with Gasteiger partial charge >= 0.3 is 0 Å². The van der Waals surface area contributed by atoms with E-state index in [2.05, 4.69) is 63.6 Å². The van der Waals surface area contributed by atoms with Gasteiger partial charge in [-0.25, -0.2) is 4.98 Å². The number of benzene rings is 1. The molecule has 2 heterocycles. The average Bonchev–Trinajstić information content (AvgIpc) is 2.76. The van der Waals surface area contributed by atoms with Crippen LogP contribution in [0.2, 0.25) is 0 Å². The number of anilines is 1. The van der Waals surface area contributed by atoms with Gasteiger partial charge in [0.1, 0.15) is 11.6 Å². The molecule has 30 heavy (non-hydrogen) atoms. The third-order valence-electron chi connectivity index (χ3n) is 5.10. The molecule has 0 bridgehead atoms. The molecule has 1 saturated heterocycles. The fourth-order valence-electron chi connectivity index (χ4n) is 3.60. The smallest absolute Gasteiger partial charge is 0.191 e. The molecule has 0 amide bonds. The lowest BCUT2D eigenvalue weighted by atomic mass is 10.1. The molecule has 0 saturated carbocycles. The minimum absolute atomic E-state index is 0.226. The predicted molar refractivity (Wildman–Crippen MR) is 121 cm³/mol. The van der Waals surface area contributed by atoms with E-state index < -0.39 is 0 Å². The van der Waals surface area contributed by atoms with Crippen LogP contribution in [0.25, 0.3) is 0 Å². The number of ether oxygens (including phenoxy) is 2. The Bertz CT molecular complexity index is 797. The van der Waals surface area contributed by atoms with Gasteiger partial charge in [-0.3, -0.25) is 4.99 Å². The fourth-order valence-corrected chi connectivity index (χ4v) is 3.60. The number of guanidine groups is 1. The summed E-state index contributed by atoms with van der Waals surface area (Å²) in [4.78, 5) is 11.2. The molecule has 0 spiro atoms. The molecule has 2 N–H and O–H groups in total. The number of hydrogen-bond donors (Lipinski definition) is 2. The van der Waals surface area contributed by atoms with Crippen molar-refractivity contribution in [2.24, 2.45) is 4.99 Å². The van der Waals surface area contributed by atoms with Crippen molar-refractivity contribution in [1.82, 2.24) is 15.6 Å². The van der Waals surface area contributed by atoms with Crippen LogP contribution in [0.4, 0.5) is 5.82 Å². The minimum atomic E-state index is 0.226. The van der Waals surface area contributed by atoms with Gasteiger partial charge in [0.2, 0.25) is 0 Å². The number of hydrogen-bond acceptors (Lipinski definition) is 5. The summed E-state index contributed by atoms with van der Waals surface area (Å²) >= 11 is 0. The van der Waals surface area contributed by atoms with Crippen molar-refractivity contribution in [2.75, 3.05) is 38.7 Å². The summed E-state index contributed by atoms with van der Waals surface area (Å²) in [6.45, 7) is 7.43. The number of nitrogens with one attached hydrogen (secondary N) is 2. The maximum atomic E-state index is 5.80. The zero-order valence-electron chi connectivity index (χ0n) is 18.4. The summed E-state index contributed by atoms with van der Waals surface area (Å²) in [7, 11) is 3.46. The Morgan fingerprint density at radius 1 is 1.10 bits per heavy atom. The van der Waals surface area contributed by atoms with E-state index in [1.54, 1.807) is 14.2 Å². The number of rotatable bonds is 7. The van der Waals surface area contributed by atoms with Crippen LogP contribution in [0.15, 0.2) is 47.6 Å². The molecule has 1 aromatic carbocycles. The summed E-state index contributed by atoms with van der Waals surface area (Å²) in [6, 6.07) is 12.3. The van der Waals surface area contributed by atoms with Crippen LogP contribution in [-0.4, -0.2) is 56.9 Å². The highest BCUT2D eigenvalue weighted by Gasteiger charge is 2.22. The van der Waals surface area contributed by atoms with Gasteiger partial charge < -0.3 is 25.0 Å². The predicted octanol–water partition coefficient (Wildman–Crippen LogP) is 2.61. The molecular weight excluding hydrogens is 378 g/mol. The highest BCUT2D eigenvalue weighted by Crippen LogP contribution is 2.18. The maximum Gasteiger partial charge on any atom is 0.191 e. The molecule has 0 radical (unpaired) electrons. The van der Waals surface area contributed by atoms with E-state index in [9.17, 15) is 0 Å². The molecular formula is C23H33N5O2. The Morgan fingerprint density at radius 2 is 1.80 bits per heavy atom. The van der Waals surface area contributed by atoms with Crippen LogP contribution >= 0.6 is 0 Å². The molecule has 2 aromatic rings. The van der Waals surface area contributed by atoms with E-state index >= 15 is 0 Å². The largest absolute Gasteiger partial charge is 0.497 e. The second kappa shape index (κ2) is 10.8. The summed E-state index contributed by atoms with van der Waals surface area (Å²) in [5.41, 5.74) is 2.37. The number of methoxy groups -OCH3 is 1. The molecule has 162 valence electrons. The highest BCUT2D eigenvalue weighted by atomic mass is 16.5. The van der Waals surface area contributed by atoms with Crippen LogP contribution in [0.1, 0.15) is 25.0 Å². The number of pyridine rings is 1. The topological polar surface area (TPSA) is 71.0 Å². The van der Waals surface area contributed by atoms with Crippen molar-refractivity contribution in [3.8, 4) is 5.75 Å². The molecule has 1 aromatic heterocycles.